The van der Waals surface area contributed by atoms with Gasteiger partial charge in [-0.25, -0.2) is 9.67 Å². The average molecular weight is 532 g/mol. The number of aromatic nitrogens is 6. The molecule has 11 heteroatoms. The summed E-state index contributed by atoms with van der Waals surface area (Å²) in [6.45, 7) is 4.68. The molecule has 0 atom stereocenters. The molecule has 0 saturated heterocycles. The summed E-state index contributed by atoms with van der Waals surface area (Å²) in [6.07, 6.45) is 1.47. The number of carbonyl (C=O) groups excluding carboxylic acids is 1. The number of halogens is 1. The minimum Gasteiger partial charge on any atom is -0.497 e. The average Bonchev–Trinajstić information content (AvgIpc) is 3.44. The molecule has 2 aromatic carbocycles. The fourth-order valence-corrected chi connectivity index (χ4v) is 4.57. The molecule has 5 rings (SSSR count). The molecule has 3 aromatic heterocycles. The Morgan fingerprint density at radius 2 is 1.61 bits per heavy atom. The van der Waals surface area contributed by atoms with E-state index in [1.54, 1.807) is 43.2 Å². The number of hydrogen-bond acceptors (Lipinski definition) is 7. The lowest BCUT2D eigenvalue weighted by atomic mass is 10.2. The third-order valence-corrected chi connectivity index (χ3v) is 6.66. The molecule has 0 aliphatic carbocycles. The SMILES string of the molecule is COc1ccc(Cn2c(C)nnc2Cn2nc(C)c3c(Cl)c(C(=O)Nc4ccc(OC)cc4)cnc32)cc1. The highest BCUT2D eigenvalue weighted by atomic mass is 35.5. The van der Waals surface area contributed by atoms with Gasteiger partial charge in [-0.2, -0.15) is 5.10 Å². The molecule has 3 heterocycles. The van der Waals surface area contributed by atoms with Gasteiger partial charge in [0.25, 0.3) is 5.91 Å². The van der Waals surface area contributed by atoms with Crippen molar-refractivity contribution in [2.24, 2.45) is 0 Å². The van der Waals surface area contributed by atoms with E-state index in [2.05, 4.69) is 25.6 Å². The first-order valence-electron chi connectivity index (χ1n) is 11.9. The van der Waals surface area contributed by atoms with Crippen LogP contribution in [-0.2, 0) is 13.1 Å². The Kier molecular flexibility index (Phi) is 6.97. The van der Waals surface area contributed by atoms with Crippen LogP contribution < -0.4 is 14.8 Å². The number of hydrogen-bond donors (Lipinski definition) is 1. The van der Waals surface area contributed by atoms with Crippen LogP contribution in [0.2, 0.25) is 5.02 Å². The summed E-state index contributed by atoms with van der Waals surface area (Å²) < 4.78 is 14.2. The Balaban J connectivity index is 1.41. The normalized spacial score (nSPS) is 11.1. The van der Waals surface area contributed by atoms with Gasteiger partial charge < -0.3 is 19.4 Å². The monoisotopic (exact) mass is 531 g/mol. The van der Waals surface area contributed by atoms with E-state index in [0.717, 1.165) is 23.0 Å². The number of pyridine rings is 1. The van der Waals surface area contributed by atoms with Gasteiger partial charge in [0.05, 0.1) is 42.4 Å². The highest BCUT2D eigenvalue weighted by molar-refractivity contribution is 6.39. The van der Waals surface area contributed by atoms with E-state index in [-0.39, 0.29) is 11.5 Å². The summed E-state index contributed by atoms with van der Waals surface area (Å²) in [7, 11) is 3.23. The number of methoxy groups -OCH3 is 2. The highest BCUT2D eigenvalue weighted by Crippen LogP contribution is 2.29. The van der Waals surface area contributed by atoms with Gasteiger partial charge in [0.1, 0.15) is 23.9 Å². The number of amides is 1. The van der Waals surface area contributed by atoms with Crippen LogP contribution in [0.3, 0.4) is 0 Å². The van der Waals surface area contributed by atoms with Crippen LogP contribution in [0.4, 0.5) is 5.69 Å². The number of nitrogens with zero attached hydrogens (tertiary/aromatic N) is 6. The minimum atomic E-state index is -0.364. The lowest BCUT2D eigenvalue weighted by molar-refractivity contribution is 0.102. The van der Waals surface area contributed by atoms with Crippen molar-refractivity contribution in [3.63, 3.8) is 0 Å². The Morgan fingerprint density at radius 1 is 0.947 bits per heavy atom. The number of anilines is 1. The van der Waals surface area contributed by atoms with Gasteiger partial charge in [-0.1, -0.05) is 23.7 Å². The van der Waals surface area contributed by atoms with Crippen molar-refractivity contribution in [1.29, 1.82) is 0 Å². The molecular weight excluding hydrogens is 506 g/mol. The molecule has 0 unspecified atom stereocenters. The standard InChI is InChI=1S/C27H26ClN7O3/c1-16-24-25(28)22(27(36)30-19-7-11-21(38-4)12-8-19)13-29-26(24)35(33-16)15-23-32-31-17(2)34(23)14-18-5-9-20(37-3)10-6-18/h5-13H,14-15H2,1-4H3,(H,30,36). The summed E-state index contributed by atoms with van der Waals surface area (Å²) >= 11 is 6.72. The van der Waals surface area contributed by atoms with E-state index >= 15 is 0 Å². The molecule has 0 spiro atoms. The van der Waals surface area contributed by atoms with Crippen LogP contribution in [0.25, 0.3) is 11.0 Å². The summed E-state index contributed by atoms with van der Waals surface area (Å²) in [4.78, 5) is 17.5. The van der Waals surface area contributed by atoms with E-state index < -0.39 is 0 Å². The van der Waals surface area contributed by atoms with E-state index in [1.165, 1.54) is 6.20 Å². The van der Waals surface area contributed by atoms with Gasteiger partial charge >= 0.3 is 0 Å². The minimum absolute atomic E-state index is 0.260. The van der Waals surface area contributed by atoms with Crippen LogP contribution >= 0.6 is 11.6 Å². The molecule has 0 saturated carbocycles. The molecule has 0 radical (unpaired) electrons. The lowest BCUT2D eigenvalue weighted by Crippen LogP contribution is -2.14. The van der Waals surface area contributed by atoms with E-state index in [9.17, 15) is 4.79 Å². The molecule has 0 bridgehead atoms. The first kappa shape index (κ1) is 25.2. The zero-order valence-electron chi connectivity index (χ0n) is 21.4. The van der Waals surface area contributed by atoms with Crippen molar-refractivity contribution in [3.05, 3.63) is 88.2 Å². The number of ether oxygens (including phenoxy) is 2. The maximum atomic E-state index is 13.0. The van der Waals surface area contributed by atoms with Gasteiger partial charge in [0.15, 0.2) is 11.5 Å². The predicted molar refractivity (Wildman–Crippen MR) is 144 cm³/mol. The van der Waals surface area contributed by atoms with Crippen LogP contribution in [-0.4, -0.2) is 49.7 Å². The van der Waals surface area contributed by atoms with Crippen molar-refractivity contribution >= 4 is 34.2 Å². The summed E-state index contributed by atoms with van der Waals surface area (Å²) in [6, 6.07) is 14.9. The zero-order chi connectivity index (χ0) is 26.8. The second-order valence-electron chi connectivity index (χ2n) is 8.71. The molecule has 10 nitrogen and oxygen atoms in total. The number of fused-ring (bicyclic) bond motifs is 1. The van der Waals surface area contributed by atoms with Crippen LogP contribution in [0.15, 0.2) is 54.7 Å². The zero-order valence-corrected chi connectivity index (χ0v) is 22.2. The van der Waals surface area contributed by atoms with Gasteiger partial charge in [-0.15, -0.1) is 10.2 Å². The first-order valence-corrected chi connectivity index (χ1v) is 12.2. The predicted octanol–water partition coefficient (Wildman–Crippen LogP) is 4.66. The number of aryl methyl sites for hydroxylation is 2. The first-order chi connectivity index (χ1) is 18.4. The van der Waals surface area contributed by atoms with Crippen molar-refractivity contribution in [3.8, 4) is 11.5 Å². The third-order valence-electron chi connectivity index (χ3n) is 6.27. The molecule has 194 valence electrons. The summed E-state index contributed by atoms with van der Waals surface area (Å²) in [5.41, 5.74) is 3.19. The molecule has 1 N–H and O–H groups in total. The van der Waals surface area contributed by atoms with E-state index in [4.69, 9.17) is 21.1 Å². The number of nitrogens with one attached hydrogen (secondary N) is 1. The summed E-state index contributed by atoms with van der Waals surface area (Å²) in [5, 5.41) is 17.1. The second kappa shape index (κ2) is 10.5. The van der Waals surface area contributed by atoms with Crippen molar-refractivity contribution in [1.82, 2.24) is 29.5 Å². The Hall–Kier alpha value is -4.44. The van der Waals surface area contributed by atoms with Crippen molar-refractivity contribution < 1.29 is 14.3 Å². The Labute approximate surface area is 224 Å². The Morgan fingerprint density at radius 3 is 2.26 bits per heavy atom. The van der Waals surface area contributed by atoms with Crippen LogP contribution in [0.5, 0.6) is 11.5 Å². The molecule has 5 aromatic rings. The highest BCUT2D eigenvalue weighted by Gasteiger charge is 2.21. The van der Waals surface area contributed by atoms with Gasteiger partial charge in [0.2, 0.25) is 0 Å². The van der Waals surface area contributed by atoms with E-state index in [1.807, 2.05) is 42.7 Å². The molecule has 38 heavy (non-hydrogen) atoms. The fourth-order valence-electron chi connectivity index (χ4n) is 4.21. The topological polar surface area (TPSA) is 109 Å². The Bertz CT molecular complexity index is 1610. The van der Waals surface area contributed by atoms with Crippen molar-refractivity contribution in [2.45, 2.75) is 26.9 Å². The van der Waals surface area contributed by atoms with Gasteiger partial charge in [0, 0.05) is 11.9 Å². The molecule has 0 fully saturated rings. The van der Waals surface area contributed by atoms with Crippen LogP contribution in [0, 0.1) is 13.8 Å². The smallest absolute Gasteiger partial charge is 0.258 e. The maximum absolute atomic E-state index is 13.0. The molecule has 1 amide bonds. The molecule has 0 aliphatic rings. The van der Waals surface area contributed by atoms with Gasteiger partial charge in [-0.3, -0.25) is 4.79 Å². The van der Waals surface area contributed by atoms with Gasteiger partial charge in [-0.05, 0) is 55.8 Å². The number of rotatable bonds is 8. The fraction of sp³-hybridized carbons (Fsp3) is 0.222. The lowest BCUT2D eigenvalue weighted by Gasteiger charge is -2.10. The molecular formula is C27H26ClN7O3. The number of carbonyl (C=O) groups is 1. The second-order valence-corrected chi connectivity index (χ2v) is 9.09. The van der Waals surface area contributed by atoms with E-state index in [0.29, 0.717) is 46.3 Å². The number of benzene rings is 2. The molecule has 0 aliphatic heterocycles. The summed E-state index contributed by atoms with van der Waals surface area (Å²) in [5.74, 6) is 2.64. The largest absolute Gasteiger partial charge is 0.497 e. The van der Waals surface area contributed by atoms with Crippen LogP contribution in [0.1, 0.15) is 33.3 Å². The van der Waals surface area contributed by atoms with Crippen molar-refractivity contribution in [2.75, 3.05) is 19.5 Å². The quantitative estimate of drug-likeness (QED) is 0.310. The third kappa shape index (κ3) is 4.90. The maximum Gasteiger partial charge on any atom is 0.258 e.